The smallest absolute Gasteiger partial charge is 0.420 e. The first kappa shape index (κ1) is 22.2. The number of anilines is 1. The van der Waals surface area contributed by atoms with Crippen molar-refractivity contribution in [3.63, 3.8) is 0 Å². The molecular formula is C23H18ClF2N5O3. The first-order valence-electron chi connectivity index (χ1n) is 10.3. The molecular weight excluding hydrogens is 468 g/mol. The van der Waals surface area contributed by atoms with Crippen LogP contribution in [0.25, 0.3) is 22.2 Å². The van der Waals surface area contributed by atoms with Crippen LogP contribution in [-0.2, 0) is 5.54 Å². The van der Waals surface area contributed by atoms with Gasteiger partial charge in [-0.15, -0.1) is 8.78 Å². The molecule has 0 unspecified atom stereocenters. The van der Waals surface area contributed by atoms with Crippen molar-refractivity contribution in [3.05, 3.63) is 67.0 Å². The van der Waals surface area contributed by atoms with Gasteiger partial charge in [-0.1, -0.05) is 0 Å². The molecule has 5 rings (SSSR count). The highest BCUT2D eigenvalue weighted by Gasteiger charge is 2.45. The Balaban J connectivity index is 1.50. The Hall–Kier alpha value is -3.63. The number of amides is 1. The summed E-state index contributed by atoms with van der Waals surface area (Å²) in [7, 11) is 0. The molecule has 1 aliphatic rings. The van der Waals surface area contributed by atoms with E-state index in [9.17, 15) is 18.7 Å². The van der Waals surface area contributed by atoms with E-state index in [0.29, 0.717) is 27.9 Å². The van der Waals surface area contributed by atoms with Crippen LogP contribution in [0, 0.1) is 0 Å². The molecule has 34 heavy (non-hydrogen) atoms. The van der Waals surface area contributed by atoms with E-state index < -0.39 is 17.0 Å². The summed E-state index contributed by atoms with van der Waals surface area (Å²) in [6.45, 7) is -0.0131. The molecule has 0 atom stereocenters. The second kappa shape index (κ2) is 8.30. The number of imidazole rings is 1. The monoisotopic (exact) mass is 485 g/mol. The first-order valence-corrected chi connectivity index (χ1v) is 10.7. The predicted molar refractivity (Wildman–Crippen MR) is 121 cm³/mol. The van der Waals surface area contributed by atoms with Crippen molar-refractivity contribution in [3.8, 4) is 16.9 Å². The molecule has 0 radical (unpaired) electrons. The van der Waals surface area contributed by atoms with E-state index in [1.807, 2.05) is 4.57 Å². The van der Waals surface area contributed by atoms with Gasteiger partial charge in [-0.25, -0.2) is 15.0 Å². The van der Waals surface area contributed by atoms with Crippen molar-refractivity contribution in [1.82, 2.24) is 19.5 Å². The molecule has 1 fully saturated rings. The zero-order valence-corrected chi connectivity index (χ0v) is 18.3. The third kappa shape index (κ3) is 4.29. The lowest BCUT2D eigenvalue weighted by molar-refractivity contribution is -0.0964. The fraction of sp³-hybridized carbons (Fsp3) is 0.217. The molecule has 2 heterocycles. The third-order valence-corrected chi connectivity index (χ3v) is 5.83. The number of nitrogens with one attached hydrogen (secondary N) is 1. The summed E-state index contributed by atoms with van der Waals surface area (Å²) in [4.78, 5) is 25.7. The highest BCUT2D eigenvalue weighted by atomic mass is 35.5. The molecule has 0 aliphatic heterocycles. The minimum atomic E-state index is -3.82. The molecule has 0 spiro atoms. The Bertz CT molecular complexity index is 1350. The zero-order valence-electron chi connectivity index (χ0n) is 17.6. The van der Waals surface area contributed by atoms with Gasteiger partial charge in [0.05, 0.1) is 29.5 Å². The van der Waals surface area contributed by atoms with Crippen LogP contribution in [0.3, 0.4) is 0 Å². The summed E-state index contributed by atoms with van der Waals surface area (Å²) in [5.41, 5.74) is -0.751. The quantitative estimate of drug-likeness (QED) is 0.376. The maximum Gasteiger partial charge on any atom is 0.487 e. The average Bonchev–Trinajstić information content (AvgIpc) is 3.50. The molecule has 2 N–H and O–H groups in total. The largest absolute Gasteiger partial charge is 0.487 e. The number of hydrogen-bond donors (Lipinski definition) is 2. The number of alkyl halides is 3. The Labute approximate surface area is 197 Å². The van der Waals surface area contributed by atoms with Crippen LogP contribution in [0.2, 0.25) is 0 Å². The van der Waals surface area contributed by atoms with Crippen LogP contribution in [0.15, 0.2) is 61.4 Å². The van der Waals surface area contributed by atoms with E-state index in [-0.39, 0.29) is 12.4 Å². The van der Waals surface area contributed by atoms with Gasteiger partial charge in [0.2, 0.25) is 0 Å². The molecule has 4 aromatic rings. The van der Waals surface area contributed by atoms with Crippen LogP contribution in [-0.4, -0.2) is 42.7 Å². The van der Waals surface area contributed by atoms with Crippen LogP contribution < -0.4 is 10.1 Å². The summed E-state index contributed by atoms with van der Waals surface area (Å²) in [6, 6.07) is 8.77. The third-order valence-electron chi connectivity index (χ3n) is 5.76. The second-order valence-electron chi connectivity index (χ2n) is 8.04. The standard InChI is InChI=1S/C23H18ClF2N5O3/c24-23(25,26)34-17-3-1-16(2-4-17)30-21(33)14-7-18(15-9-27-12-28-10-15)20-19(8-14)29-13-31(20)22(11-32)5-6-22/h1-4,7-10,12-13,32H,5-6,11H2,(H,30,33). The summed E-state index contributed by atoms with van der Waals surface area (Å²) >= 11 is 4.77. The number of aliphatic hydroxyl groups excluding tert-OH is 1. The number of carbonyl (C=O) groups is 1. The predicted octanol–water partition coefficient (Wildman–Crippen LogP) is 4.39. The van der Waals surface area contributed by atoms with E-state index in [1.54, 1.807) is 30.9 Å². The van der Waals surface area contributed by atoms with Crippen molar-refractivity contribution in [2.45, 2.75) is 23.9 Å². The van der Waals surface area contributed by atoms with E-state index in [2.05, 4.69) is 25.0 Å². The molecule has 174 valence electrons. The van der Waals surface area contributed by atoms with Crippen molar-refractivity contribution in [2.75, 3.05) is 11.9 Å². The van der Waals surface area contributed by atoms with Gasteiger partial charge in [-0.2, -0.15) is 0 Å². The van der Waals surface area contributed by atoms with Crippen molar-refractivity contribution in [2.24, 2.45) is 0 Å². The first-order chi connectivity index (χ1) is 16.3. The fourth-order valence-corrected chi connectivity index (χ4v) is 3.95. The fourth-order valence-electron chi connectivity index (χ4n) is 3.86. The van der Waals surface area contributed by atoms with E-state index in [4.69, 9.17) is 11.6 Å². The molecule has 0 saturated heterocycles. The number of ether oxygens (including phenoxy) is 1. The van der Waals surface area contributed by atoms with Gasteiger partial charge in [0.25, 0.3) is 5.91 Å². The second-order valence-corrected chi connectivity index (χ2v) is 8.48. The number of hydrogen-bond acceptors (Lipinski definition) is 6. The van der Waals surface area contributed by atoms with Gasteiger partial charge in [0, 0.05) is 46.4 Å². The minimum Gasteiger partial charge on any atom is -0.420 e. The normalized spacial score (nSPS) is 14.7. The Kier molecular flexibility index (Phi) is 5.41. The number of aliphatic hydroxyl groups is 1. The van der Waals surface area contributed by atoms with Crippen molar-refractivity contribution in [1.29, 1.82) is 0 Å². The number of benzene rings is 2. The lowest BCUT2D eigenvalue weighted by atomic mass is 10.0. The van der Waals surface area contributed by atoms with Gasteiger partial charge in [0.15, 0.2) is 0 Å². The summed E-state index contributed by atoms with van der Waals surface area (Å²) in [5, 5.41) is 12.7. The van der Waals surface area contributed by atoms with E-state index >= 15 is 0 Å². The number of aromatic nitrogens is 4. The Morgan fingerprint density at radius 1 is 1.21 bits per heavy atom. The number of halogens is 3. The zero-order chi connectivity index (χ0) is 23.9. The van der Waals surface area contributed by atoms with Crippen molar-refractivity contribution < 1.29 is 23.4 Å². The summed E-state index contributed by atoms with van der Waals surface area (Å²) < 4.78 is 31.8. The molecule has 2 aromatic carbocycles. The van der Waals surface area contributed by atoms with Gasteiger partial charge >= 0.3 is 5.57 Å². The summed E-state index contributed by atoms with van der Waals surface area (Å²) in [6.07, 6.45) is 8.04. The lowest BCUT2D eigenvalue weighted by Gasteiger charge is -2.17. The maximum absolute atomic E-state index is 13.0. The molecule has 8 nitrogen and oxygen atoms in total. The molecule has 1 saturated carbocycles. The van der Waals surface area contributed by atoms with Crippen LogP contribution >= 0.6 is 11.6 Å². The van der Waals surface area contributed by atoms with Gasteiger partial charge in [-0.3, -0.25) is 4.79 Å². The molecule has 2 aromatic heterocycles. The highest BCUT2D eigenvalue weighted by Crippen LogP contribution is 2.46. The number of carbonyl (C=O) groups excluding carboxylic acids is 1. The number of fused-ring (bicyclic) bond motifs is 1. The van der Waals surface area contributed by atoms with Crippen molar-refractivity contribution >= 4 is 34.2 Å². The van der Waals surface area contributed by atoms with Crippen LogP contribution in [0.4, 0.5) is 14.5 Å². The Morgan fingerprint density at radius 3 is 2.53 bits per heavy atom. The molecule has 1 aliphatic carbocycles. The molecule has 11 heteroatoms. The highest BCUT2D eigenvalue weighted by molar-refractivity contribution is 6.20. The average molecular weight is 486 g/mol. The van der Waals surface area contributed by atoms with E-state index in [1.165, 1.54) is 30.6 Å². The van der Waals surface area contributed by atoms with E-state index in [0.717, 1.165) is 18.4 Å². The maximum atomic E-state index is 13.0. The van der Waals surface area contributed by atoms with Crippen LogP contribution in [0.5, 0.6) is 5.75 Å². The lowest BCUT2D eigenvalue weighted by Crippen LogP contribution is -2.21. The minimum absolute atomic E-state index is 0.0131. The van der Waals surface area contributed by atoms with Gasteiger partial charge in [0.1, 0.15) is 12.1 Å². The molecule has 0 bridgehead atoms. The van der Waals surface area contributed by atoms with Crippen LogP contribution in [0.1, 0.15) is 23.2 Å². The Morgan fingerprint density at radius 2 is 1.91 bits per heavy atom. The summed E-state index contributed by atoms with van der Waals surface area (Å²) in [5.74, 6) is -0.566. The van der Waals surface area contributed by atoms with Gasteiger partial charge < -0.3 is 19.7 Å². The topological polar surface area (TPSA) is 102 Å². The number of nitrogens with zero attached hydrogens (tertiary/aromatic N) is 4. The molecule has 1 amide bonds. The SMILES string of the molecule is O=C(Nc1ccc(OC(F)(F)Cl)cc1)c1cc(-c2cncnc2)c2c(c1)ncn2C1(CO)CC1. The van der Waals surface area contributed by atoms with Gasteiger partial charge in [-0.05, 0) is 49.2 Å². The number of rotatable bonds is 7.